The maximum Gasteiger partial charge on any atom is 0.257 e. The molecule has 1 aromatic heterocycles. The molecule has 1 aromatic carbocycles. The molecule has 1 fully saturated rings. The second-order valence-corrected chi connectivity index (χ2v) is 5.62. The van der Waals surface area contributed by atoms with Gasteiger partial charge in [0.05, 0.1) is 17.4 Å². The summed E-state index contributed by atoms with van der Waals surface area (Å²) in [4.78, 5) is 14.4. The highest BCUT2D eigenvalue weighted by molar-refractivity contribution is 6.30. The van der Waals surface area contributed by atoms with E-state index in [1.54, 1.807) is 29.2 Å². The van der Waals surface area contributed by atoms with Gasteiger partial charge in [-0.15, -0.1) is 0 Å². The molecule has 6 heteroatoms. The van der Waals surface area contributed by atoms with Gasteiger partial charge in [-0.2, -0.15) is 5.10 Å². The number of aromatic nitrogens is 2. The average molecular weight is 305 g/mol. The average Bonchev–Trinajstić information content (AvgIpc) is 3.16. The predicted molar refractivity (Wildman–Crippen MR) is 81.7 cm³/mol. The van der Waals surface area contributed by atoms with Crippen molar-refractivity contribution in [3.63, 3.8) is 0 Å². The maximum absolute atomic E-state index is 12.5. The van der Waals surface area contributed by atoms with Gasteiger partial charge < -0.3 is 10.6 Å². The van der Waals surface area contributed by atoms with Gasteiger partial charge in [-0.05, 0) is 37.1 Å². The van der Waals surface area contributed by atoms with E-state index >= 15 is 0 Å². The molecule has 0 radical (unpaired) electrons. The number of amides is 1. The van der Waals surface area contributed by atoms with Gasteiger partial charge in [-0.25, -0.2) is 4.68 Å². The van der Waals surface area contributed by atoms with E-state index < -0.39 is 0 Å². The Bertz CT molecular complexity index is 637. The Hall–Kier alpha value is -1.85. The molecular weight excluding hydrogens is 288 g/mol. The molecule has 2 N–H and O–H groups in total. The second-order valence-electron chi connectivity index (χ2n) is 5.18. The van der Waals surface area contributed by atoms with Gasteiger partial charge in [0.25, 0.3) is 5.91 Å². The zero-order chi connectivity index (χ0) is 14.8. The number of carbonyl (C=O) groups is 1. The topological polar surface area (TPSA) is 64.2 Å². The second kappa shape index (κ2) is 5.87. The molecule has 1 saturated heterocycles. The van der Waals surface area contributed by atoms with Crippen molar-refractivity contribution in [3.8, 4) is 5.69 Å². The third-order valence-corrected chi connectivity index (χ3v) is 4.08. The summed E-state index contributed by atoms with van der Waals surface area (Å²) < 4.78 is 1.68. The van der Waals surface area contributed by atoms with Crippen LogP contribution in [0.2, 0.25) is 5.02 Å². The van der Waals surface area contributed by atoms with Crippen LogP contribution in [0.1, 0.15) is 23.2 Å². The normalized spacial score (nSPS) is 18.2. The van der Waals surface area contributed by atoms with Crippen molar-refractivity contribution >= 4 is 17.5 Å². The number of hydrogen-bond acceptors (Lipinski definition) is 3. The third-order valence-electron chi connectivity index (χ3n) is 3.83. The predicted octanol–water partition coefficient (Wildman–Crippen LogP) is 2.09. The molecule has 2 heterocycles. The van der Waals surface area contributed by atoms with Gasteiger partial charge in [0.15, 0.2) is 0 Å². The number of nitrogens with two attached hydrogens (primary N) is 1. The number of rotatable bonds is 3. The van der Waals surface area contributed by atoms with Crippen LogP contribution in [0, 0.1) is 0 Å². The summed E-state index contributed by atoms with van der Waals surface area (Å²) in [6.45, 7) is 1.28. The quantitative estimate of drug-likeness (QED) is 0.944. The molecule has 0 spiro atoms. The maximum atomic E-state index is 12.5. The highest BCUT2D eigenvalue weighted by atomic mass is 35.5. The zero-order valence-corrected chi connectivity index (χ0v) is 12.3. The standard InChI is InChI=1S/C15H17ClN4O/c16-12-3-5-13(6-4-12)20-10-11(9-18-20)15(21)19-7-1-2-14(19)8-17/h3-6,9-10,14H,1-2,7-8,17H2. The number of halogens is 1. The lowest BCUT2D eigenvalue weighted by molar-refractivity contribution is 0.0741. The molecule has 5 nitrogen and oxygen atoms in total. The Labute approximate surface area is 128 Å². The van der Waals surface area contributed by atoms with Crippen molar-refractivity contribution in [2.45, 2.75) is 18.9 Å². The van der Waals surface area contributed by atoms with E-state index in [1.165, 1.54) is 0 Å². The Morgan fingerprint density at radius 3 is 2.86 bits per heavy atom. The van der Waals surface area contributed by atoms with Gasteiger partial charge in [-0.3, -0.25) is 4.79 Å². The van der Waals surface area contributed by atoms with Crippen LogP contribution in [0.5, 0.6) is 0 Å². The molecule has 0 saturated carbocycles. The van der Waals surface area contributed by atoms with Crippen molar-refractivity contribution in [3.05, 3.63) is 47.2 Å². The molecule has 1 amide bonds. The highest BCUT2D eigenvalue weighted by Gasteiger charge is 2.28. The van der Waals surface area contributed by atoms with Crippen molar-refractivity contribution in [2.24, 2.45) is 5.73 Å². The largest absolute Gasteiger partial charge is 0.334 e. The number of nitrogens with zero attached hydrogens (tertiary/aromatic N) is 3. The summed E-state index contributed by atoms with van der Waals surface area (Å²) in [6.07, 6.45) is 5.34. The molecule has 3 rings (SSSR count). The lowest BCUT2D eigenvalue weighted by Crippen LogP contribution is -2.39. The van der Waals surface area contributed by atoms with Crippen molar-refractivity contribution < 1.29 is 4.79 Å². The fourth-order valence-corrected chi connectivity index (χ4v) is 2.81. The number of hydrogen-bond donors (Lipinski definition) is 1. The minimum atomic E-state index is 0.00293. The Kier molecular flexibility index (Phi) is 3.94. The van der Waals surface area contributed by atoms with Crippen LogP contribution in [0.4, 0.5) is 0 Å². The minimum Gasteiger partial charge on any atom is -0.334 e. The number of carbonyl (C=O) groups excluding carboxylic acids is 1. The van der Waals surface area contributed by atoms with Crippen molar-refractivity contribution in [1.29, 1.82) is 0 Å². The third kappa shape index (κ3) is 2.80. The van der Waals surface area contributed by atoms with Crippen LogP contribution in [0.15, 0.2) is 36.7 Å². The summed E-state index contributed by atoms with van der Waals surface area (Å²) in [7, 11) is 0. The Morgan fingerprint density at radius 1 is 1.38 bits per heavy atom. The van der Waals surface area contributed by atoms with Crippen LogP contribution in [-0.2, 0) is 0 Å². The smallest absolute Gasteiger partial charge is 0.257 e. The first-order chi connectivity index (χ1) is 10.2. The molecule has 1 aliphatic rings. The molecule has 1 aliphatic heterocycles. The number of likely N-dealkylation sites (tertiary alicyclic amines) is 1. The fourth-order valence-electron chi connectivity index (χ4n) is 2.68. The molecule has 0 aliphatic carbocycles. The zero-order valence-electron chi connectivity index (χ0n) is 11.6. The molecular formula is C15H17ClN4O. The molecule has 21 heavy (non-hydrogen) atoms. The summed E-state index contributed by atoms with van der Waals surface area (Å²) in [6, 6.07) is 7.47. The van der Waals surface area contributed by atoms with E-state index in [4.69, 9.17) is 17.3 Å². The monoisotopic (exact) mass is 304 g/mol. The van der Waals surface area contributed by atoms with E-state index in [-0.39, 0.29) is 11.9 Å². The lowest BCUT2D eigenvalue weighted by atomic mass is 10.2. The summed E-state index contributed by atoms with van der Waals surface area (Å²) in [5.41, 5.74) is 7.18. The van der Waals surface area contributed by atoms with E-state index in [2.05, 4.69) is 5.10 Å². The van der Waals surface area contributed by atoms with Gasteiger partial charge in [0.1, 0.15) is 0 Å². The highest BCUT2D eigenvalue weighted by Crippen LogP contribution is 2.20. The molecule has 1 unspecified atom stereocenters. The van der Waals surface area contributed by atoms with E-state index in [9.17, 15) is 4.79 Å². The van der Waals surface area contributed by atoms with Crippen LogP contribution in [0.25, 0.3) is 5.69 Å². The van der Waals surface area contributed by atoms with Gasteiger partial charge in [-0.1, -0.05) is 11.6 Å². The Morgan fingerprint density at radius 2 is 2.14 bits per heavy atom. The van der Waals surface area contributed by atoms with Gasteiger partial charge in [0.2, 0.25) is 0 Å². The summed E-state index contributed by atoms with van der Waals surface area (Å²) in [5.74, 6) is 0.00293. The van der Waals surface area contributed by atoms with E-state index in [0.717, 1.165) is 25.1 Å². The SMILES string of the molecule is NCC1CCCN1C(=O)c1cnn(-c2ccc(Cl)cc2)c1. The van der Waals surface area contributed by atoms with Crippen LogP contribution in [-0.4, -0.2) is 39.7 Å². The van der Waals surface area contributed by atoms with Crippen molar-refractivity contribution in [1.82, 2.24) is 14.7 Å². The van der Waals surface area contributed by atoms with E-state index in [1.807, 2.05) is 17.0 Å². The summed E-state index contributed by atoms with van der Waals surface area (Å²) in [5, 5.41) is 4.93. The minimum absolute atomic E-state index is 0.00293. The van der Waals surface area contributed by atoms with Gasteiger partial charge >= 0.3 is 0 Å². The summed E-state index contributed by atoms with van der Waals surface area (Å²) >= 11 is 5.87. The van der Waals surface area contributed by atoms with Crippen LogP contribution in [0.3, 0.4) is 0 Å². The molecule has 1 atom stereocenters. The molecule has 2 aromatic rings. The first-order valence-corrected chi connectivity index (χ1v) is 7.38. The molecule has 0 bridgehead atoms. The van der Waals surface area contributed by atoms with Crippen LogP contribution >= 0.6 is 11.6 Å². The van der Waals surface area contributed by atoms with Gasteiger partial charge in [0, 0.05) is 30.4 Å². The fraction of sp³-hybridized carbons (Fsp3) is 0.333. The lowest BCUT2D eigenvalue weighted by Gasteiger charge is -2.22. The Balaban J connectivity index is 1.81. The first-order valence-electron chi connectivity index (χ1n) is 7.00. The first kappa shape index (κ1) is 14.1. The number of benzene rings is 1. The molecule has 110 valence electrons. The van der Waals surface area contributed by atoms with Crippen LogP contribution < -0.4 is 5.73 Å². The van der Waals surface area contributed by atoms with Crippen molar-refractivity contribution in [2.75, 3.05) is 13.1 Å². The van der Waals surface area contributed by atoms with E-state index in [0.29, 0.717) is 17.1 Å².